The lowest BCUT2D eigenvalue weighted by atomic mass is 10.1. The first-order valence-corrected chi connectivity index (χ1v) is 7.90. The Kier molecular flexibility index (Phi) is 4.46. The number of benzene rings is 2. The smallest absolute Gasteiger partial charge is 0.291 e. The Balaban J connectivity index is 1.81. The second kappa shape index (κ2) is 6.52. The number of fused-ring (bicyclic) bond motifs is 1. The SMILES string of the molecule is CCN(Cc1ccccc1)CN1C(=O)C(=O)c2cc(Cl)ccc21. The molecule has 0 unspecified atom stereocenters. The highest BCUT2D eigenvalue weighted by molar-refractivity contribution is 6.52. The van der Waals surface area contributed by atoms with Crippen LogP contribution in [0.5, 0.6) is 0 Å². The van der Waals surface area contributed by atoms with Crippen LogP contribution in [0.1, 0.15) is 22.8 Å². The number of hydrogen-bond acceptors (Lipinski definition) is 3. The minimum absolute atomic E-state index is 0.380. The summed E-state index contributed by atoms with van der Waals surface area (Å²) < 4.78 is 0. The first-order chi connectivity index (χ1) is 11.1. The first-order valence-electron chi connectivity index (χ1n) is 7.52. The average molecular weight is 329 g/mol. The van der Waals surface area contributed by atoms with Gasteiger partial charge in [-0.25, -0.2) is 0 Å². The quantitative estimate of drug-likeness (QED) is 0.790. The molecule has 0 fully saturated rings. The van der Waals surface area contributed by atoms with Gasteiger partial charge in [-0.1, -0.05) is 48.9 Å². The minimum Gasteiger partial charge on any atom is -0.291 e. The molecule has 1 aliphatic heterocycles. The fraction of sp³-hybridized carbons (Fsp3) is 0.222. The largest absolute Gasteiger partial charge is 0.300 e. The third kappa shape index (κ3) is 3.14. The van der Waals surface area contributed by atoms with E-state index in [1.54, 1.807) is 18.2 Å². The van der Waals surface area contributed by atoms with Crippen LogP contribution in [0.2, 0.25) is 5.02 Å². The molecule has 0 radical (unpaired) electrons. The van der Waals surface area contributed by atoms with Gasteiger partial charge in [0.2, 0.25) is 0 Å². The molecule has 0 bridgehead atoms. The molecule has 0 aliphatic carbocycles. The van der Waals surface area contributed by atoms with E-state index >= 15 is 0 Å². The topological polar surface area (TPSA) is 40.6 Å². The Morgan fingerprint density at radius 2 is 1.83 bits per heavy atom. The highest BCUT2D eigenvalue weighted by Gasteiger charge is 2.36. The number of nitrogens with zero attached hydrogens (tertiary/aromatic N) is 2. The summed E-state index contributed by atoms with van der Waals surface area (Å²) in [5.74, 6) is -0.980. The summed E-state index contributed by atoms with van der Waals surface area (Å²) in [7, 11) is 0. The second-order valence-electron chi connectivity index (χ2n) is 5.50. The highest BCUT2D eigenvalue weighted by atomic mass is 35.5. The van der Waals surface area contributed by atoms with E-state index in [2.05, 4.69) is 4.90 Å². The van der Waals surface area contributed by atoms with Crippen LogP contribution in [0.15, 0.2) is 48.5 Å². The number of ketones is 1. The van der Waals surface area contributed by atoms with Crippen LogP contribution in [0.3, 0.4) is 0 Å². The molecule has 1 amide bonds. The zero-order valence-electron chi connectivity index (χ0n) is 12.8. The van der Waals surface area contributed by atoms with Gasteiger partial charge in [0.15, 0.2) is 0 Å². The van der Waals surface area contributed by atoms with Crippen LogP contribution in [0, 0.1) is 0 Å². The average Bonchev–Trinajstić information content (AvgIpc) is 2.79. The summed E-state index contributed by atoms with van der Waals surface area (Å²) >= 11 is 5.93. The van der Waals surface area contributed by atoms with Crippen molar-refractivity contribution in [1.82, 2.24) is 4.90 Å². The molecule has 0 spiro atoms. The Morgan fingerprint density at radius 1 is 1.09 bits per heavy atom. The molecule has 0 atom stereocenters. The molecule has 118 valence electrons. The third-order valence-corrected chi connectivity index (χ3v) is 4.21. The van der Waals surface area contributed by atoms with Gasteiger partial charge >= 0.3 is 5.91 Å². The fourth-order valence-electron chi connectivity index (χ4n) is 2.72. The molecule has 0 saturated carbocycles. The summed E-state index contributed by atoms with van der Waals surface area (Å²) in [6.45, 7) is 3.91. The van der Waals surface area contributed by atoms with Crippen molar-refractivity contribution < 1.29 is 9.59 Å². The Hall–Kier alpha value is -2.17. The molecule has 5 heteroatoms. The van der Waals surface area contributed by atoms with Crippen molar-refractivity contribution in [3.8, 4) is 0 Å². The fourth-order valence-corrected chi connectivity index (χ4v) is 2.89. The maximum Gasteiger partial charge on any atom is 0.300 e. The van der Waals surface area contributed by atoms with Gasteiger partial charge in [0.1, 0.15) is 0 Å². The van der Waals surface area contributed by atoms with Crippen LogP contribution in [0.4, 0.5) is 5.69 Å². The Bertz CT molecular complexity index is 746. The van der Waals surface area contributed by atoms with Crippen LogP contribution >= 0.6 is 11.6 Å². The molecule has 0 saturated heterocycles. The molecular weight excluding hydrogens is 312 g/mol. The van der Waals surface area contributed by atoms with Crippen LogP contribution < -0.4 is 4.90 Å². The van der Waals surface area contributed by atoms with Crippen LogP contribution in [0.25, 0.3) is 0 Å². The predicted octanol–water partition coefficient (Wildman–Crippen LogP) is 3.35. The van der Waals surface area contributed by atoms with Crippen LogP contribution in [-0.2, 0) is 11.3 Å². The maximum atomic E-state index is 12.3. The van der Waals surface area contributed by atoms with Gasteiger partial charge in [0.05, 0.1) is 17.9 Å². The summed E-state index contributed by atoms with van der Waals surface area (Å²) in [5, 5.41) is 0.461. The Morgan fingerprint density at radius 3 is 2.52 bits per heavy atom. The molecule has 1 aliphatic rings. The highest BCUT2D eigenvalue weighted by Crippen LogP contribution is 2.31. The van der Waals surface area contributed by atoms with Crippen molar-refractivity contribution in [1.29, 1.82) is 0 Å². The lowest BCUT2D eigenvalue weighted by Gasteiger charge is -2.26. The summed E-state index contributed by atoms with van der Waals surface area (Å²) in [5.41, 5.74) is 2.19. The number of hydrogen-bond donors (Lipinski definition) is 0. The van der Waals surface area contributed by atoms with E-state index in [9.17, 15) is 9.59 Å². The van der Waals surface area contributed by atoms with E-state index < -0.39 is 11.7 Å². The van der Waals surface area contributed by atoms with Crippen molar-refractivity contribution in [2.75, 3.05) is 18.1 Å². The molecule has 4 nitrogen and oxygen atoms in total. The van der Waals surface area contributed by atoms with Crippen molar-refractivity contribution in [2.24, 2.45) is 0 Å². The molecule has 1 heterocycles. The van der Waals surface area contributed by atoms with E-state index in [0.717, 1.165) is 13.1 Å². The lowest BCUT2D eigenvalue weighted by molar-refractivity contribution is -0.114. The predicted molar refractivity (Wildman–Crippen MR) is 90.7 cm³/mol. The number of carbonyl (C=O) groups is 2. The van der Waals surface area contributed by atoms with E-state index in [1.165, 1.54) is 10.5 Å². The maximum absolute atomic E-state index is 12.3. The summed E-state index contributed by atoms with van der Waals surface area (Å²) in [6.07, 6.45) is 0. The number of halogens is 1. The number of carbonyl (C=O) groups excluding carboxylic acids is 2. The van der Waals surface area contributed by atoms with Crippen molar-refractivity contribution in [2.45, 2.75) is 13.5 Å². The molecule has 0 aromatic heterocycles. The number of anilines is 1. The second-order valence-corrected chi connectivity index (χ2v) is 5.93. The monoisotopic (exact) mass is 328 g/mol. The molecule has 2 aromatic rings. The minimum atomic E-state index is -0.492. The lowest BCUT2D eigenvalue weighted by Crippen LogP contribution is -2.40. The van der Waals surface area contributed by atoms with E-state index in [0.29, 0.717) is 22.9 Å². The van der Waals surface area contributed by atoms with E-state index in [-0.39, 0.29) is 0 Å². The molecule has 2 aromatic carbocycles. The number of rotatable bonds is 5. The van der Waals surface area contributed by atoms with Crippen molar-refractivity contribution >= 4 is 29.0 Å². The van der Waals surface area contributed by atoms with Gasteiger partial charge < -0.3 is 0 Å². The standard InChI is InChI=1S/C18H17ClN2O2/c1-2-20(11-13-6-4-3-5-7-13)12-21-16-9-8-14(19)10-15(16)17(22)18(21)23/h3-10H,2,11-12H2,1H3. The van der Waals surface area contributed by atoms with E-state index in [4.69, 9.17) is 11.6 Å². The summed E-state index contributed by atoms with van der Waals surface area (Å²) in [4.78, 5) is 28.0. The zero-order chi connectivity index (χ0) is 16.4. The van der Waals surface area contributed by atoms with Crippen molar-refractivity contribution in [3.05, 3.63) is 64.7 Å². The van der Waals surface area contributed by atoms with Gasteiger partial charge in [0.25, 0.3) is 5.78 Å². The Labute approximate surface area is 140 Å². The molecular formula is C18H17ClN2O2. The molecule has 23 heavy (non-hydrogen) atoms. The van der Waals surface area contributed by atoms with Crippen LogP contribution in [-0.4, -0.2) is 29.8 Å². The van der Waals surface area contributed by atoms with Gasteiger partial charge in [-0.05, 0) is 30.3 Å². The molecule has 3 rings (SSSR count). The van der Waals surface area contributed by atoms with Gasteiger partial charge in [-0.15, -0.1) is 0 Å². The normalized spacial score (nSPS) is 13.8. The third-order valence-electron chi connectivity index (χ3n) is 3.97. The molecule has 0 N–H and O–H groups in total. The van der Waals surface area contributed by atoms with Gasteiger partial charge in [-0.3, -0.25) is 19.4 Å². The summed E-state index contributed by atoms with van der Waals surface area (Å²) in [6, 6.07) is 15.0. The van der Waals surface area contributed by atoms with Crippen molar-refractivity contribution in [3.63, 3.8) is 0 Å². The van der Waals surface area contributed by atoms with Gasteiger partial charge in [0, 0.05) is 11.6 Å². The number of amides is 1. The van der Waals surface area contributed by atoms with Gasteiger partial charge in [-0.2, -0.15) is 0 Å². The first kappa shape index (κ1) is 15.7. The zero-order valence-corrected chi connectivity index (χ0v) is 13.6. The number of Topliss-reactive ketones (excluding diaryl/α,β-unsaturated/α-hetero) is 1. The van der Waals surface area contributed by atoms with E-state index in [1.807, 2.05) is 37.3 Å².